The molecule has 0 saturated carbocycles. The van der Waals surface area contributed by atoms with Crippen LogP contribution in [0, 0.1) is 0 Å². The molecule has 1 saturated heterocycles. The number of nitrogens with one attached hydrogen (secondary N) is 1. The molecule has 0 spiro atoms. The molecule has 0 aliphatic carbocycles. The van der Waals surface area contributed by atoms with E-state index in [1.165, 1.54) is 39.0 Å². The van der Waals surface area contributed by atoms with Crippen LogP contribution in [0.5, 0.6) is 0 Å². The lowest BCUT2D eigenvalue weighted by Gasteiger charge is -2.32. The monoisotopic (exact) mass is 243 g/mol. The standard InChI is InChI=1S/C13H29N3O/c1-4-5-13(12-17-3)14-6-7-16-10-8-15(2)9-11-16/h13-14H,4-12H2,1-3H3. The Morgan fingerprint density at radius 2 is 1.94 bits per heavy atom. The first-order valence-corrected chi connectivity index (χ1v) is 6.89. The van der Waals surface area contributed by atoms with E-state index in [0.717, 1.165) is 19.7 Å². The maximum atomic E-state index is 5.23. The minimum atomic E-state index is 0.525. The van der Waals surface area contributed by atoms with Crippen LogP contribution >= 0.6 is 0 Å². The summed E-state index contributed by atoms with van der Waals surface area (Å²) >= 11 is 0. The Bertz CT molecular complexity index is 176. The van der Waals surface area contributed by atoms with Gasteiger partial charge in [0.05, 0.1) is 6.61 Å². The third kappa shape index (κ3) is 6.36. The van der Waals surface area contributed by atoms with Gasteiger partial charge >= 0.3 is 0 Å². The zero-order chi connectivity index (χ0) is 12.5. The quantitative estimate of drug-likeness (QED) is 0.677. The van der Waals surface area contributed by atoms with E-state index in [1.54, 1.807) is 7.11 Å². The Balaban J connectivity index is 2.08. The molecule has 1 unspecified atom stereocenters. The van der Waals surface area contributed by atoms with Gasteiger partial charge < -0.3 is 15.0 Å². The highest BCUT2D eigenvalue weighted by molar-refractivity contribution is 4.72. The van der Waals surface area contributed by atoms with Crippen molar-refractivity contribution in [2.75, 3.05) is 60.0 Å². The minimum Gasteiger partial charge on any atom is -0.383 e. The molecule has 1 fully saturated rings. The van der Waals surface area contributed by atoms with Crippen molar-refractivity contribution in [1.29, 1.82) is 0 Å². The van der Waals surface area contributed by atoms with Gasteiger partial charge in [0.15, 0.2) is 0 Å². The smallest absolute Gasteiger partial charge is 0.0615 e. The molecular formula is C13H29N3O. The molecular weight excluding hydrogens is 214 g/mol. The topological polar surface area (TPSA) is 27.7 Å². The molecule has 0 amide bonds. The fourth-order valence-corrected chi connectivity index (χ4v) is 2.29. The van der Waals surface area contributed by atoms with Crippen molar-refractivity contribution in [3.8, 4) is 0 Å². The molecule has 1 N–H and O–H groups in total. The summed E-state index contributed by atoms with van der Waals surface area (Å²) in [5, 5.41) is 3.60. The van der Waals surface area contributed by atoms with E-state index in [1.807, 2.05) is 0 Å². The summed E-state index contributed by atoms with van der Waals surface area (Å²) in [6.45, 7) is 10.1. The summed E-state index contributed by atoms with van der Waals surface area (Å²) in [4.78, 5) is 4.94. The van der Waals surface area contributed by atoms with Gasteiger partial charge in [0.2, 0.25) is 0 Å². The van der Waals surface area contributed by atoms with Gasteiger partial charge in [0, 0.05) is 52.4 Å². The minimum absolute atomic E-state index is 0.525. The Labute approximate surface area is 106 Å². The van der Waals surface area contributed by atoms with E-state index in [2.05, 4.69) is 29.1 Å². The first-order chi connectivity index (χ1) is 8.26. The second kappa shape index (κ2) is 8.86. The second-order valence-electron chi connectivity index (χ2n) is 5.04. The third-order valence-electron chi connectivity index (χ3n) is 3.46. The maximum Gasteiger partial charge on any atom is 0.0615 e. The van der Waals surface area contributed by atoms with Crippen molar-refractivity contribution >= 4 is 0 Å². The van der Waals surface area contributed by atoms with Gasteiger partial charge in [0.1, 0.15) is 0 Å². The lowest BCUT2D eigenvalue weighted by Crippen LogP contribution is -2.47. The van der Waals surface area contributed by atoms with Crippen molar-refractivity contribution in [1.82, 2.24) is 15.1 Å². The Morgan fingerprint density at radius 1 is 1.24 bits per heavy atom. The van der Waals surface area contributed by atoms with Crippen LogP contribution in [0.15, 0.2) is 0 Å². The third-order valence-corrected chi connectivity index (χ3v) is 3.46. The average Bonchev–Trinajstić information content (AvgIpc) is 2.32. The average molecular weight is 243 g/mol. The first kappa shape index (κ1) is 14.9. The highest BCUT2D eigenvalue weighted by Crippen LogP contribution is 1.99. The van der Waals surface area contributed by atoms with E-state index in [4.69, 9.17) is 4.74 Å². The summed E-state index contributed by atoms with van der Waals surface area (Å²) in [5.41, 5.74) is 0. The molecule has 4 heteroatoms. The lowest BCUT2D eigenvalue weighted by molar-refractivity contribution is 0.141. The van der Waals surface area contributed by atoms with E-state index in [9.17, 15) is 0 Å². The SMILES string of the molecule is CCCC(COC)NCCN1CCN(C)CC1. The van der Waals surface area contributed by atoms with E-state index < -0.39 is 0 Å². The molecule has 0 aromatic carbocycles. The summed E-state index contributed by atoms with van der Waals surface area (Å²) in [6.07, 6.45) is 2.42. The second-order valence-corrected chi connectivity index (χ2v) is 5.04. The van der Waals surface area contributed by atoms with Crippen LogP contribution in [-0.2, 0) is 4.74 Å². The Kier molecular flexibility index (Phi) is 7.77. The molecule has 0 radical (unpaired) electrons. The number of methoxy groups -OCH3 is 1. The van der Waals surface area contributed by atoms with Crippen LogP contribution in [0.3, 0.4) is 0 Å². The van der Waals surface area contributed by atoms with Gasteiger partial charge in [-0.1, -0.05) is 13.3 Å². The zero-order valence-electron chi connectivity index (χ0n) is 11.7. The molecule has 1 rings (SSSR count). The molecule has 0 aromatic rings. The van der Waals surface area contributed by atoms with Gasteiger partial charge in [-0.05, 0) is 13.5 Å². The number of hydrogen-bond acceptors (Lipinski definition) is 4. The van der Waals surface area contributed by atoms with Gasteiger partial charge in [-0.25, -0.2) is 0 Å². The van der Waals surface area contributed by atoms with Gasteiger partial charge in [0.25, 0.3) is 0 Å². The number of piperazine rings is 1. The predicted molar refractivity (Wildman–Crippen MR) is 72.5 cm³/mol. The molecule has 17 heavy (non-hydrogen) atoms. The van der Waals surface area contributed by atoms with E-state index >= 15 is 0 Å². The Hall–Kier alpha value is -0.160. The highest BCUT2D eigenvalue weighted by atomic mass is 16.5. The number of nitrogens with zero attached hydrogens (tertiary/aromatic N) is 2. The normalized spacial score (nSPS) is 20.6. The molecule has 1 aliphatic rings. The summed E-state index contributed by atoms with van der Waals surface area (Å²) in [5.74, 6) is 0. The zero-order valence-corrected chi connectivity index (χ0v) is 11.7. The molecule has 1 atom stereocenters. The van der Waals surface area contributed by atoms with Crippen molar-refractivity contribution < 1.29 is 4.74 Å². The molecule has 0 bridgehead atoms. The summed E-state index contributed by atoms with van der Waals surface area (Å²) in [6, 6.07) is 0.525. The molecule has 1 heterocycles. The predicted octanol–water partition coefficient (Wildman–Crippen LogP) is 0.639. The molecule has 0 aromatic heterocycles. The van der Waals surface area contributed by atoms with Crippen LogP contribution < -0.4 is 5.32 Å². The maximum absolute atomic E-state index is 5.23. The first-order valence-electron chi connectivity index (χ1n) is 6.89. The Morgan fingerprint density at radius 3 is 2.53 bits per heavy atom. The van der Waals surface area contributed by atoms with Crippen LogP contribution in [0.4, 0.5) is 0 Å². The van der Waals surface area contributed by atoms with E-state index in [0.29, 0.717) is 6.04 Å². The summed E-state index contributed by atoms with van der Waals surface area (Å²) < 4.78 is 5.23. The number of hydrogen-bond donors (Lipinski definition) is 1. The van der Waals surface area contributed by atoms with E-state index in [-0.39, 0.29) is 0 Å². The van der Waals surface area contributed by atoms with Crippen molar-refractivity contribution in [2.24, 2.45) is 0 Å². The lowest BCUT2D eigenvalue weighted by atomic mass is 10.2. The van der Waals surface area contributed by atoms with Crippen LogP contribution in [-0.4, -0.2) is 75.9 Å². The molecule has 4 nitrogen and oxygen atoms in total. The fourth-order valence-electron chi connectivity index (χ4n) is 2.29. The van der Waals surface area contributed by atoms with Crippen LogP contribution in [0.2, 0.25) is 0 Å². The van der Waals surface area contributed by atoms with Crippen LogP contribution in [0.25, 0.3) is 0 Å². The number of ether oxygens (including phenoxy) is 1. The van der Waals surface area contributed by atoms with Crippen molar-refractivity contribution in [3.63, 3.8) is 0 Å². The van der Waals surface area contributed by atoms with Gasteiger partial charge in [-0.2, -0.15) is 0 Å². The largest absolute Gasteiger partial charge is 0.383 e. The highest BCUT2D eigenvalue weighted by Gasteiger charge is 2.13. The number of rotatable bonds is 8. The number of likely N-dealkylation sites (N-methyl/N-ethyl adjacent to an activating group) is 1. The molecule has 102 valence electrons. The molecule has 1 aliphatic heterocycles. The van der Waals surface area contributed by atoms with Crippen molar-refractivity contribution in [3.05, 3.63) is 0 Å². The van der Waals surface area contributed by atoms with Crippen LogP contribution in [0.1, 0.15) is 19.8 Å². The fraction of sp³-hybridized carbons (Fsp3) is 1.00. The van der Waals surface area contributed by atoms with Gasteiger partial charge in [-0.15, -0.1) is 0 Å². The summed E-state index contributed by atoms with van der Waals surface area (Å²) in [7, 11) is 3.98. The van der Waals surface area contributed by atoms with Gasteiger partial charge in [-0.3, -0.25) is 4.90 Å². The van der Waals surface area contributed by atoms with Crippen molar-refractivity contribution in [2.45, 2.75) is 25.8 Å².